The maximum atomic E-state index is 5.43. The third kappa shape index (κ3) is 3.80. The molecule has 0 amide bonds. The topological polar surface area (TPSA) is 25.5 Å². The van der Waals surface area contributed by atoms with Gasteiger partial charge in [-0.05, 0) is 55.0 Å². The lowest BCUT2D eigenvalue weighted by Gasteiger charge is -2.18. The van der Waals surface area contributed by atoms with Crippen LogP contribution in [0.25, 0.3) is 0 Å². The molecule has 0 N–H and O–H groups in total. The molecule has 0 aliphatic rings. The molecular weight excluding hydrogens is 370 g/mol. The average Bonchev–Trinajstić information content (AvgIpc) is 2.66. The lowest BCUT2D eigenvalue weighted by Crippen LogP contribution is -2.10. The number of halogens is 2. The second-order valence-electron chi connectivity index (χ2n) is 5.33. The van der Waals surface area contributed by atoms with Gasteiger partial charge < -0.3 is 4.42 Å². The minimum Gasteiger partial charge on any atom is -0.447 e. The van der Waals surface area contributed by atoms with Crippen LogP contribution in [0.15, 0.2) is 48.9 Å². The zero-order valence-electron chi connectivity index (χ0n) is 11.1. The highest BCUT2D eigenvalue weighted by atomic mass is 79.9. The summed E-state index contributed by atoms with van der Waals surface area (Å²) in [5, 5.41) is 0. The van der Waals surface area contributed by atoms with Gasteiger partial charge in [0.2, 0.25) is 0 Å². The molecule has 2 aromatic rings. The van der Waals surface area contributed by atoms with E-state index in [1.165, 1.54) is 5.56 Å². The summed E-state index contributed by atoms with van der Waals surface area (Å²) in [6.45, 7) is 6.59. The fourth-order valence-corrected chi connectivity index (χ4v) is 2.22. The van der Waals surface area contributed by atoms with Gasteiger partial charge >= 0.3 is 0 Å². The molecule has 100 valence electrons. The Morgan fingerprint density at radius 2 is 1.74 bits per heavy atom. The second kappa shape index (κ2) is 5.63. The van der Waals surface area contributed by atoms with Crippen molar-refractivity contribution in [3.63, 3.8) is 0 Å². The van der Waals surface area contributed by atoms with Gasteiger partial charge in [0.15, 0.2) is 4.67 Å². The van der Waals surface area contributed by atoms with Crippen LogP contribution >= 0.6 is 31.9 Å². The van der Waals surface area contributed by atoms with Crippen LogP contribution in [0.5, 0.6) is 0 Å². The van der Waals surface area contributed by atoms with E-state index in [1.807, 2.05) is 18.2 Å². The van der Waals surface area contributed by atoms with Crippen molar-refractivity contribution >= 4 is 43.8 Å². The van der Waals surface area contributed by atoms with E-state index in [0.717, 1.165) is 10.2 Å². The maximum Gasteiger partial charge on any atom is 0.184 e. The van der Waals surface area contributed by atoms with E-state index in [2.05, 4.69) is 69.8 Å². The zero-order valence-corrected chi connectivity index (χ0v) is 14.2. The minimum absolute atomic E-state index is 0.166. The van der Waals surface area contributed by atoms with Crippen molar-refractivity contribution in [3.05, 3.63) is 50.8 Å². The van der Waals surface area contributed by atoms with Crippen molar-refractivity contribution in [1.82, 2.24) is 0 Å². The van der Waals surface area contributed by atoms with Crippen LogP contribution in [-0.2, 0) is 5.41 Å². The van der Waals surface area contributed by atoms with Crippen LogP contribution in [0, 0.1) is 0 Å². The fraction of sp³-hybridized carbons (Fsp3) is 0.267. The van der Waals surface area contributed by atoms with Crippen LogP contribution in [-0.4, -0.2) is 6.21 Å². The molecule has 0 radical (unpaired) electrons. The Balaban J connectivity index is 2.15. The van der Waals surface area contributed by atoms with Crippen molar-refractivity contribution in [1.29, 1.82) is 0 Å². The lowest BCUT2D eigenvalue weighted by molar-refractivity contribution is 0.533. The van der Waals surface area contributed by atoms with Crippen molar-refractivity contribution in [2.75, 3.05) is 0 Å². The van der Waals surface area contributed by atoms with Crippen LogP contribution in [0.2, 0.25) is 0 Å². The van der Waals surface area contributed by atoms with Crippen LogP contribution in [0.1, 0.15) is 32.1 Å². The van der Waals surface area contributed by atoms with E-state index in [9.17, 15) is 0 Å². The van der Waals surface area contributed by atoms with Gasteiger partial charge in [0.1, 0.15) is 5.76 Å². The largest absolute Gasteiger partial charge is 0.447 e. The molecule has 1 aromatic carbocycles. The van der Waals surface area contributed by atoms with E-state index in [4.69, 9.17) is 4.42 Å². The first-order chi connectivity index (χ1) is 8.86. The summed E-state index contributed by atoms with van der Waals surface area (Å²) in [7, 11) is 0. The molecule has 0 atom stereocenters. The van der Waals surface area contributed by atoms with Crippen LogP contribution < -0.4 is 0 Å². The van der Waals surface area contributed by atoms with Gasteiger partial charge in [-0.15, -0.1) is 0 Å². The molecule has 0 aliphatic carbocycles. The molecule has 0 aliphatic heterocycles. The molecule has 19 heavy (non-hydrogen) atoms. The summed E-state index contributed by atoms with van der Waals surface area (Å²) in [4.78, 5) is 4.39. The molecule has 4 heteroatoms. The predicted octanol–water partition coefficient (Wildman–Crippen LogP) is 5.85. The second-order valence-corrected chi connectivity index (χ2v) is 6.90. The summed E-state index contributed by atoms with van der Waals surface area (Å²) in [6.07, 6.45) is 1.71. The van der Waals surface area contributed by atoms with Crippen molar-refractivity contribution in [2.24, 2.45) is 4.99 Å². The van der Waals surface area contributed by atoms with Crippen LogP contribution in [0.4, 0.5) is 5.69 Å². The van der Waals surface area contributed by atoms with Crippen molar-refractivity contribution < 1.29 is 4.42 Å². The standard InChI is InChI=1S/C15H15Br2NO/c1-15(2,3)10-4-6-11(7-5-10)18-9-12-8-13(16)14(17)19-12/h4-9H,1-3H3. The summed E-state index contributed by atoms with van der Waals surface area (Å²) < 4.78 is 7.00. The predicted molar refractivity (Wildman–Crippen MR) is 86.5 cm³/mol. The quantitative estimate of drug-likeness (QED) is 0.596. The third-order valence-electron chi connectivity index (χ3n) is 2.74. The number of hydrogen-bond donors (Lipinski definition) is 0. The van der Waals surface area contributed by atoms with Gasteiger partial charge in [0, 0.05) is 6.07 Å². The first kappa shape index (κ1) is 14.5. The normalized spacial score (nSPS) is 12.3. The van der Waals surface area contributed by atoms with Gasteiger partial charge in [-0.1, -0.05) is 32.9 Å². The molecule has 2 rings (SSSR count). The molecule has 0 fully saturated rings. The molecule has 0 saturated carbocycles. The molecule has 1 aromatic heterocycles. The Kier molecular flexibility index (Phi) is 4.31. The lowest BCUT2D eigenvalue weighted by atomic mass is 9.87. The van der Waals surface area contributed by atoms with Gasteiger partial charge in [0.05, 0.1) is 16.4 Å². The summed E-state index contributed by atoms with van der Waals surface area (Å²) in [6, 6.07) is 10.1. The maximum absolute atomic E-state index is 5.43. The number of benzene rings is 1. The summed E-state index contributed by atoms with van der Waals surface area (Å²) in [5.74, 6) is 0.707. The molecule has 0 bridgehead atoms. The number of rotatable bonds is 2. The van der Waals surface area contributed by atoms with Gasteiger partial charge in [-0.25, -0.2) is 0 Å². The average molecular weight is 385 g/mol. The van der Waals surface area contributed by atoms with E-state index >= 15 is 0 Å². The fourth-order valence-electron chi connectivity index (χ4n) is 1.61. The molecule has 0 unspecified atom stereocenters. The smallest absolute Gasteiger partial charge is 0.184 e. The highest BCUT2D eigenvalue weighted by molar-refractivity contribution is 9.13. The highest BCUT2D eigenvalue weighted by Crippen LogP contribution is 2.27. The SMILES string of the molecule is CC(C)(C)c1ccc(N=Cc2cc(Br)c(Br)o2)cc1. The Hall–Kier alpha value is -0.870. The first-order valence-corrected chi connectivity index (χ1v) is 7.54. The van der Waals surface area contributed by atoms with E-state index in [1.54, 1.807) is 6.21 Å². The first-order valence-electron chi connectivity index (χ1n) is 5.96. The highest BCUT2D eigenvalue weighted by Gasteiger charge is 2.12. The summed E-state index contributed by atoms with van der Waals surface area (Å²) >= 11 is 6.67. The number of hydrogen-bond acceptors (Lipinski definition) is 2. The van der Waals surface area contributed by atoms with Crippen molar-refractivity contribution in [3.8, 4) is 0 Å². The molecule has 0 spiro atoms. The molecule has 0 saturated heterocycles. The number of aliphatic imine (C=N–C) groups is 1. The Bertz CT molecular complexity index is 572. The van der Waals surface area contributed by atoms with Crippen molar-refractivity contribution in [2.45, 2.75) is 26.2 Å². The third-order valence-corrected chi connectivity index (χ3v) is 4.45. The zero-order chi connectivity index (χ0) is 14.0. The summed E-state index contributed by atoms with van der Waals surface area (Å²) in [5.41, 5.74) is 2.38. The number of furan rings is 1. The van der Waals surface area contributed by atoms with Gasteiger partial charge in [0.25, 0.3) is 0 Å². The molecule has 2 nitrogen and oxygen atoms in total. The van der Waals surface area contributed by atoms with E-state index in [-0.39, 0.29) is 5.41 Å². The van der Waals surface area contributed by atoms with E-state index < -0.39 is 0 Å². The monoisotopic (exact) mass is 383 g/mol. The Morgan fingerprint density at radius 3 is 2.21 bits per heavy atom. The number of nitrogens with zero attached hydrogens (tertiary/aromatic N) is 1. The Labute approximate surface area is 130 Å². The minimum atomic E-state index is 0.166. The van der Waals surface area contributed by atoms with E-state index in [0.29, 0.717) is 10.4 Å². The molecular formula is C15H15Br2NO. The molecule has 1 heterocycles. The van der Waals surface area contributed by atoms with Crippen LogP contribution in [0.3, 0.4) is 0 Å². The Morgan fingerprint density at radius 1 is 1.11 bits per heavy atom. The van der Waals surface area contributed by atoms with Gasteiger partial charge in [-0.2, -0.15) is 0 Å². The van der Waals surface area contributed by atoms with Gasteiger partial charge in [-0.3, -0.25) is 4.99 Å².